The van der Waals surface area contributed by atoms with E-state index in [9.17, 15) is 18.0 Å². The summed E-state index contributed by atoms with van der Waals surface area (Å²) in [7, 11) is 0. The van der Waals surface area contributed by atoms with Gasteiger partial charge in [0.05, 0.1) is 0 Å². The summed E-state index contributed by atoms with van der Waals surface area (Å²) in [4.78, 5) is 9.94. The van der Waals surface area contributed by atoms with Gasteiger partial charge in [-0.2, -0.15) is 13.2 Å². The van der Waals surface area contributed by atoms with Crippen molar-refractivity contribution in [3.63, 3.8) is 0 Å². The molecule has 0 radical (unpaired) electrons. The van der Waals surface area contributed by atoms with E-state index in [0.717, 1.165) is 5.92 Å². The van der Waals surface area contributed by atoms with Crippen LogP contribution in [-0.2, 0) is 4.79 Å². The molecule has 86 valence electrons. The topological polar surface area (TPSA) is 43.1 Å². The molecule has 2 nitrogen and oxygen atoms in total. The molecule has 0 aromatic carbocycles. The van der Waals surface area contributed by atoms with Crippen LogP contribution < -0.4 is 5.73 Å². The minimum absolute atomic E-state index is 0.195. The molecule has 0 aromatic rings. The zero-order valence-corrected chi connectivity index (χ0v) is 8.82. The summed E-state index contributed by atoms with van der Waals surface area (Å²) in [5.74, 6) is 0.143. The molecule has 2 N–H and O–H groups in total. The normalized spacial score (nSPS) is 10.8. The summed E-state index contributed by atoms with van der Waals surface area (Å²) < 4.78 is 34.1. The Morgan fingerprint density at radius 2 is 1.64 bits per heavy atom. The molecule has 0 bridgehead atoms. The number of amides is 1. The van der Waals surface area contributed by atoms with Crippen LogP contribution in [0.3, 0.4) is 0 Å². The fraction of sp³-hybridized carbons (Fsp3) is 0.889. The van der Waals surface area contributed by atoms with Gasteiger partial charge in [0.15, 0.2) is 0 Å². The highest BCUT2D eigenvalue weighted by molar-refractivity contribution is 5.73. The van der Waals surface area contributed by atoms with Crippen molar-refractivity contribution in [3.8, 4) is 0 Å². The molecule has 0 aliphatic carbocycles. The Morgan fingerprint density at radius 1 is 1.29 bits per heavy atom. The molecule has 0 saturated heterocycles. The first-order valence-electron chi connectivity index (χ1n) is 4.50. The van der Waals surface area contributed by atoms with Crippen LogP contribution in [0.5, 0.6) is 0 Å². The lowest BCUT2D eigenvalue weighted by Gasteiger charge is -2.02. The molecule has 1 amide bonds. The van der Waals surface area contributed by atoms with Crippen molar-refractivity contribution in [2.24, 2.45) is 11.7 Å². The summed E-state index contributed by atoms with van der Waals surface area (Å²) in [6.45, 7) is 6.50. The van der Waals surface area contributed by atoms with Gasteiger partial charge in [-0.25, -0.2) is 0 Å². The molecule has 0 spiro atoms. The number of primary amides is 1. The van der Waals surface area contributed by atoms with Crippen LogP contribution in [0, 0.1) is 5.92 Å². The van der Waals surface area contributed by atoms with Gasteiger partial charge in [0, 0.05) is 12.8 Å². The first kappa shape index (κ1) is 15.7. The summed E-state index contributed by atoms with van der Waals surface area (Å²) in [5, 5.41) is 0. The molecule has 0 aromatic heterocycles. The second-order valence-electron chi connectivity index (χ2n) is 3.67. The standard InChI is InChI=1S/C5H8F3NO.C4H10/c6-5(7,8)3-1-2-4(9)10;1-4(2)3/h1-3H2,(H2,9,10);4H,1-3H3. The van der Waals surface area contributed by atoms with Gasteiger partial charge in [0.1, 0.15) is 0 Å². The van der Waals surface area contributed by atoms with Crippen molar-refractivity contribution >= 4 is 5.91 Å². The monoisotopic (exact) mass is 213 g/mol. The zero-order valence-electron chi connectivity index (χ0n) is 8.82. The maximum Gasteiger partial charge on any atom is 0.389 e. The fourth-order valence-corrected chi connectivity index (χ4v) is 0.463. The largest absolute Gasteiger partial charge is 0.389 e. The van der Waals surface area contributed by atoms with Gasteiger partial charge in [-0.1, -0.05) is 20.8 Å². The van der Waals surface area contributed by atoms with E-state index in [-0.39, 0.29) is 12.8 Å². The zero-order chi connectivity index (χ0) is 11.8. The number of carbonyl (C=O) groups excluding carboxylic acids is 1. The van der Waals surface area contributed by atoms with E-state index in [2.05, 4.69) is 26.5 Å². The number of nitrogens with two attached hydrogens (primary N) is 1. The summed E-state index contributed by atoms with van der Waals surface area (Å²) in [6.07, 6.45) is -5.51. The van der Waals surface area contributed by atoms with Gasteiger partial charge >= 0.3 is 6.18 Å². The van der Waals surface area contributed by atoms with Crippen molar-refractivity contribution in [1.29, 1.82) is 0 Å². The van der Waals surface area contributed by atoms with Crippen LogP contribution in [0.4, 0.5) is 13.2 Å². The van der Waals surface area contributed by atoms with Crippen LogP contribution >= 0.6 is 0 Å². The Morgan fingerprint density at radius 3 is 1.86 bits per heavy atom. The number of rotatable bonds is 3. The molecule has 0 unspecified atom stereocenters. The van der Waals surface area contributed by atoms with Gasteiger partial charge in [-0.15, -0.1) is 0 Å². The third-order valence-corrected chi connectivity index (χ3v) is 0.883. The molecule has 0 saturated carbocycles. The van der Waals surface area contributed by atoms with Gasteiger partial charge in [-0.05, 0) is 12.3 Å². The van der Waals surface area contributed by atoms with Crippen LogP contribution in [0.25, 0.3) is 0 Å². The predicted molar refractivity (Wildman–Crippen MR) is 49.6 cm³/mol. The van der Waals surface area contributed by atoms with Crippen LogP contribution in [0.2, 0.25) is 0 Å². The van der Waals surface area contributed by atoms with E-state index in [4.69, 9.17) is 0 Å². The second kappa shape index (κ2) is 7.64. The second-order valence-corrected chi connectivity index (χ2v) is 3.67. The highest BCUT2D eigenvalue weighted by atomic mass is 19.4. The first-order chi connectivity index (χ1) is 6.15. The third kappa shape index (κ3) is 30.2. The van der Waals surface area contributed by atoms with Crippen molar-refractivity contribution in [3.05, 3.63) is 0 Å². The number of hydrogen-bond acceptors (Lipinski definition) is 1. The molecule has 0 rings (SSSR count). The van der Waals surface area contributed by atoms with Gasteiger partial charge in [0.25, 0.3) is 0 Å². The van der Waals surface area contributed by atoms with Gasteiger partial charge in [-0.3, -0.25) is 4.79 Å². The van der Waals surface area contributed by atoms with E-state index in [1.54, 1.807) is 0 Å². The average molecular weight is 213 g/mol. The van der Waals surface area contributed by atoms with Crippen LogP contribution in [-0.4, -0.2) is 12.1 Å². The Balaban J connectivity index is 0. The van der Waals surface area contributed by atoms with E-state index < -0.39 is 18.5 Å². The van der Waals surface area contributed by atoms with Gasteiger partial charge in [0.2, 0.25) is 5.91 Å². The molecule has 5 heteroatoms. The van der Waals surface area contributed by atoms with Crippen molar-refractivity contribution < 1.29 is 18.0 Å². The van der Waals surface area contributed by atoms with E-state index >= 15 is 0 Å². The van der Waals surface area contributed by atoms with Crippen molar-refractivity contribution in [1.82, 2.24) is 0 Å². The minimum atomic E-state index is -4.17. The van der Waals surface area contributed by atoms with Gasteiger partial charge < -0.3 is 5.73 Å². The molecule has 14 heavy (non-hydrogen) atoms. The van der Waals surface area contributed by atoms with Crippen molar-refractivity contribution in [2.75, 3.05) is 0 Å². The summed E-state index contributed by atoms with van der Waals surface area (Å²) >= 11 is 0. The Hall–Kier alpha value is -0.740. The quantitative estimate of drug-likeness (QED) is 0.769. The highest BCUT2D eigenvalue weighted by Crippen LogP contribution is 2.21. The number of halogens is 3. The molecular weight excluding hydrogens is 195 g/mol. The smallest absolute Gasteiger partial charge is 0.370 e. The summed E-state index contributed by atoms with van der Waals surface area (Å²) in [6, 6.07) is 0. The lowest BCUT2D eigenvalue weighted by atomic mass is 10.2. The van der Waals surface area contributed by atoms with E-state index in [0.29, 0.717) is 0 Å². The Kier molecular flexibility index (Phi) is 8.58. The summed E-state index contributed by atoms with van der Waals surface area (Å²) in [5.41, 5.74) is 4.62. The van der Waals surface area contributed by atoms with E-state index in [1.807, 2.05) is 0 Å². The Bertz CT molecular complexity index is 152. The maximum atomic E-state index is 11.4. The van der Waals surface area contributed by atoms with Crippen LogP contribution in [0.1, 0.15) is 40.0 Å². The number of hydrogen-bond donors (Lipinski definition) is 1. The lowest BCUT2D eigenvalue weighted by molar-refractivity contribution is -0.136. The molecular formula is C9H18F3NO. The van der Waals surface area contributed by atoms with E-state index in [1.165, 1.54) is 0 Å². The number of alkyl halides is 3. The highest BCUT2D eigenvalue weighted by Gasteiger charge is 2.26. The number of carbonyl (C=O) groups is 1. The molecule has 0 aliphatic rings. The third-order valence-electron chi connectivity index (χ3n) is 0.883. The molecule has 0 fully saturated rings. The average Bonchev–Trinajstić information content (AvgIpc) is 1.80. The predicted octanol–water partition coefficient (Wildman–Crippen LogP) is 2.87. The maximum absolute atomic E-state index is 11.4. The first-order valence-corrected chi connectivity index (χ1v) is 4.50. The lowest BCUT2D eigenvalue weighted by Crippen LogP contribution is -2.13. The minimum Gasteiger partial charge on any atom is -0.370 e. The van der Waals surface area contributed by atoms with Crippen LogP contribution in [0.15, 0.2) is 0 Å². The SMILES string of the molecule is CC(C)C.NC(=O)CCCC(F)(F)F. The molecule has 0 atom stereocenters. The molecule has 0 heterocycles. The Labute approximate surface area is 82.7 Å². The molecule has 0 aliphatic heterocycles. The fourth-order valence-electron chi connectivity index (χ4n) is 0.463. The van der Waals surface area contributed by atoms with Crippen molar-refractivity contribution in [2.45, 2.75) is 46.2 Å².